The molecule has 0 saturated heterocycles. The van der Waals surface area contributed by atoms with Crippen LogP contribution < -0.4 is 10.6 Å². The number of tetrazole rings is 1. The van der Waals surface area contributed by atoms with Gasteiger partial charge in [-0.25, -0.2) is 9.48 Å². The van der Waals surface area contributed by atoms with Crippen LogP contribution in [0.4, 0.5) is 10.5 Å². The van der Waals surface area contributed by atoms with Gasteiger partial charge < -0.3 is 10.6 Å². The number of pyridine rings is 1. The van der Waals surface area contributed by atoms with Crippen LogP contribution in [0, 0.1) is 0 Å². The van der Waals surface area contributed by atoms with E-state index in [0.717, 1.165) is 29.9 Å². The highest BCUT2D eigenvalue weighted by molar-refractivity contribution is 5.89. The molecule has 2 amide bonds. The fourth-order valence-corrected chi connectivity index (χ4v) is 2.50. The second-order valence-corrected chi connectivity index (χ2v) is 5.88. The minimum Gasteiger partial charge on any atom is -0.332 e. The van der Waals surface area contributed by atoms with Crippen molar-refractivity contribution in [3.63, 3.8) is 0 Å². The SMILES string of the molecule is O=C(NCc1ccccn1)Nc1ccc(-c2nnnn2C2CC2)cc1. The molecule has 2 aromatic heterocycles. The van der Waals surface area contributed by atoms with E-state index in [2.05, 4.69) is 31.1 Å². The highest BCUT2D eigenvalue weighted by Gasteiger charge is 2.28. The van der Waals surface area contributed by atoms with E-state index in [9.17, 15) is 4.79 Å². The fourth-order valence-electron chi connectivity index (χ4n) is 2.50. The van der Waals surface area contributed by atoms with E-state index in [0.29, 0.717) is 18.3 Å². The Balaban J connectivity index is 1.37. The molecule has 0 radical (unpaired) electrons. The van der Waals surface area contributed by atoms with Crippen LogP contribution in [-0.2, 0) is 6.54 Å². The third kappa shape index (κ3) is 3.63. The molecule has 8 nitrogen and oxygen atoms in total. The summed E-state index contributed by atoms with van der Waals surface area (Å²) in [5, 5.41) is 17.5. The number of amides is 2. The number of urea groups is 1. The molecule has 1 aliphatic rings. The van der Waals surface area contributed by atoms with Gasteiger partial charge in [0.25, 0.3) is 0 Å². The molecule has 0 spiro atoms. The Kier molecular flexibility index (Phi) is 4.07. The molecule has 0 unspecified atom stereocenters. The number of aromatic nitrogens is 5. The molecule has 1 fully saturated rings. The van der Waals surface area contributed by atoms with Gasteiger partial charge in [0.05, 0.1) is 18.3 Å². The van der Waals surface area contributed by atoms with Gasteiger partial charge in [0.15, 0.2) is 5.82 Å². The van der Waals surface area contributed by atoms with Crippen molar-refractivity contribution in [2.24, 2.45) is 0 Å². The van der Waals surface area contributed by atoms with Crippen molar-refractivity contribution in [1.82, 2.24) is 30.5 Å². The third-order valence-electron chi connectivity index (χ3n) is 3.94. The molecular formula is C17H17N7O. The smallest absolute Gasteiger partial charge is 0.319 e. The predicted molar refractivity (Wildman–Crippen MR) is 91.6 cm³/mol. The summed E-state index contributed by atoms with van der Waals surface area (Å²) in [6.45, 7) is 0.376. The van der Waals surface area contributed by atoms with Crippen molar-refractivity contribution in [3.05, 3.63) is 54.4 Å². The van der Waals surface area contributed by atoms with Crippen molar-refractivity contribution in [1.29, 1.82) is 0 Å². The van der Waals surface area contributed by atoms with Gasteiger partial charge in [0.1, 0.15) is 0 Å². The van der Waals surface area contributed by atoms with E-state index in [1.165, 1.54) is 0 Å². The molecule has 4 rings (SSSR count). The molecule has 3 aromatic rings. The number of hydrogen-bond donors (Lipinski definition) is 2. The zero-order valence-electron chi connectivity index (χ0n) is 13.5. The van der Waals surface area contributed by atoms with Crippen LogP contribution in [0.3, 0.4) is 0 Å². The molecule has 2 N–H and O–H groups in total. The molecule has 8 heteroatoms. The summed E-state index contributed by atoms with van der Waals surface area (Å²) in [6, 6.07) is 13.2. The maximum absolute atomic E-state index is 12.0. The van der Waals surface area contributed by atoms with E-state index >= 15 is 0 Å². The quantitative estimate of drug-likeness (QED) is 0.746. The van der Waals surface area contributed by atoms with Crippen LogP contribution in [0.25, 0.3) is 11.4 Å². The summed E-state index contributed by atoms with van der Waals surface area (Å²) in [6.07, 6.45) is 3.94. The van der Waals surface area contributed by atoms with Crippen molar-refractivity contribution < 1.29 is 4.79 Å². The van der Waals surface area contributed by atoms with E-state index in [1.54, 1.807) is 6.20 Å². The molecule has 126 valence electrons. The maximum Gasteiger partial charge on any atom is 0.319 e. The average Bonchev–Trinajstić information content (AvgIpc) is 3.38. The minimum absolute atomic E-state index is 0.277. The van der Waals surface area contributed by atoms with E-state index < -0.39 is 0 Å². The lowest BCUT2D eigenvalue weighted by atomic mass is 10.2. The summed E-state index contributed by atoms with van der Waals surface area (Å²) in [5.41, 5.74) is 2.43. The molecule has 1 aliphatic carbocycles. The van der Waals surface area contributed by atoms with Crippen LogP contribution in [0.2, 0.25) is 0 Å². The molecule has 2 heterocycles. The molecule has 1 saturated carbocycles. The van der Waals surface area contributed by atoms with E-state index in [-0.39, 0.29) is 6.03 Å². The summed E-state index contributed by atoms with van der Waals surface area (Å²) < 4.78 is 1.86. The Labute approximate surface area is 144 Å². The Morgan fingerprint density at radius 2 is 2.00 bits per heavy atom. The van der Waals surface area contributed by atoms with Crippen molar-refractivity contribution in [2.75, 3.05) is 5.32 Å². The predicted octanol–water partition coefficient (Wildman–Crippen LogP) is 2.39. The van der Waals surface area contributed by atoms with Gasteiger partial charge in [0.2, 0.25) is 0 Å². The largest absolute Gasteiger partial charge is 0.332 e. The second kappa shape index (κ2) is 6.68. The van der Waals surface area contributed by atoms with Crippen LogP contribution in [0.5, 0.6) is 0 Å². The maximum atomic E-state index is 12.0. The normalized spacial score (nSPS) is 13.4. The van der Waals surface area contributed by atoms with Crippen molar-refractivity contribution in [2.45, 2.75) is 25.4 Å². The first-order valence-electron chi connectivity index (χ1n) is 8.12. The summed E-state index contributed by atoms with van der Waals surface area (Å²) in [5.74, 6) is 0.758. The van der Waals surface area contributed by atoms with Gasteiger partial charge in [-0.15, -0.1) is 5.10 Å². The highest BCUT2D eigenvalue weighted by atomic mass is 16.2. The van der Waals surface area contributed by atoms with Crippen molar-refractivity contribution in [3.8, 4) is 11.4 Å². The zero-order chi connectivity index (χ0) is 17.1. The molecule has 1 aromatic carbocycles. The summed E-state index contributed by atoms with van der Waals surface area (Å²) in [4.78, 5) is 16.1. The molecule has 0 bridgehead atoms. The van der Waals surface area contributed by atoms with Crippen LogP contribution in [-0.4, -0.2) is 31.2 Å². The summed E-state index contributed by atoms with van der Waals surface area (Å²) in [7, 11) is 0. The van der Waals surface area contributed by atoms with Gasteiger partial charge in [-0.2, -0.15) is 0 Å². The van der Waals surface area contributed by atoms with Crippen LogP contribution in [0.1, 0.15) is 24.6 Å². The highest BCUT2D eigenvalue weighted by Crippen LogP contribution is 2.36. The van der Waals surface area contributed by atoms with Gasteiger partial charge in [-0.05, 0) is 59.7 Å². The topological polar surface area (TPSA) is 97.6 Å². The average molecular weight is 335 g/mol. The van der Waals surface area contributed by atoms with Crippen LogP contribution in [0.15, 0.2) is 48.7 Å². The van der Waals surface area contributed by atoms with Gasteiger partial charge in [0, 0.05) is 17.4 Å². The van der Waals surface area contributed by atoms with Crippen molar-refractivity contribution >= 4 is 11.7 Å². The molecule has 0 atom stereocenters. The second-order valence-electron chi connectivity index (χ2n) is 5.88. The Morgan fingerprint density at radius 3 is 2.72 bits per heavy atom. The van der Waals surface area contributed by atoms with E-state index in [4.69, 9.17) is 0 Å². The van der Waals surface area contributed by atoms with Gasteiger partial charge in [-0.1, -0.05) is 6.07 Å². The fraction of sp³-hybridized carbons (Fsp3) is 0.235. The minimum atomic E-state index is -0.277. The van der Waals surface area contributed by atoms with Gasteiger partial charge >= 0.3 is 6.03 Å². The molecule has 0 aliphatic heterocycles. The number of anilines is 1. The first kappa shape index (κ1) is 15.3. The number of benzene rings is 1. The lowest BCUT2D eigenvalue weighted by molar-refractivity contribution is 0.251. The monoisotopic (exact) mass is 335 g/mol. The molecular weight excluding hydrogens is 318 g/mol. The van der Waals surface area contributed by atoms with Gasteiger partial charge in [-0.3, -0.25) is 4.98 Å². The Bertz CT molecular complexity index is 856. The Morgan fingerprint density at radius 1 is 1.16 bits per heavy atom. The number of carbonyl (C=O) groups is 1. The zero-order valence-corrected chi connectivity index (χ0v) is 13.5. The Hall–Kier alpha value is -3.29. The number of nitrogens with one attached hydrogen (secondary N) is 2. The van der Waals surface area contributed by atoms with Crippen LogP contribution >= 0.6 is 0 Å². The third-order valence-corrected chi connectivity index (χ3v) is 3.94. The standard InChI is InChI=1S/C17H17N7O/c25-17(19-11-14-3-1-2-10-18-14)20-13-6-4-12(5-7-13)16-21-22-23-24(16)15-8-9-15/h1-7,10,15H,8-9,11H2,(H2,19,20,25). The first-order valence-corrected chi connectivity index (χ1v) is 8.12. The number of hydrogen-bond acceptors (Lipinski definition) is 5. The molecule has 25 heavy (non-hydrogen) atoms. The number of rotatable bonds is 5. The lowest BCUT2D eigenvalue weighted by Gasteiger charge is -2.08. The van der Waals surface area contributed by atoms with E-state index in [1.807, 2.05) is 47.1 Å². The summed E-state index contributed by atoms with van der Waals surface area (Å²) >= 11 is 0. The number of nitrogens with zero attached hydrogens (tertiary/aromatic N) is 5. The lowest BCUT2D eigenvalue weighted by Crippen LogP contribution is -2.28. The first-order chi connectivity index (χ1) is 12.3. The number of carbonyl (C=O) groups excluding carboxylic acids is 1.